The summed E-state index contributed by atoms with van der Waals surface area (Å²) in [4.78, 5) is 0. The van der Waals surface area contributed by atoms with Gasteiger partial charge in [-0.1, -0.05) is 0 Å². The van der Waals surface area contributed by atoms with Crippen molar-refractivity contribution in [3.8, 4) is 0 Å². The summed E-state index contributed by atoms with van der Waals surface area (Å²) in [5.74, 6) is 5.68. The SMILES string of the molecule is CCOC(CCCSCCO)(CCCSCCO)CCCSCCO. The van der Waals surface area contributed by atoms with Gasteiger partial charge < -0.3 is 20.1 Å². The van der Waals surface area contributed by atoms with Gasteiger partial charge in [0.05, 0.1) is 25.4 Å². The minimum Gasteiger partial charge on any atom is -0.396 e. The Balaban J connectivity index is 4.40. The maximum absolute atomic E-state index is 8.90. The number of hydrogen-bond donors (Lipinski definition) is 3. The Morgan fingerprint density at radius 1 is 0.640 bits per heavy atom. The Kier molecular flexibility index (Phi) is 20.3. The van der Waals surface area contributed by atoms with Crippen LogP contribution in [0.15, 0.2) is 0 Å². The first-order valence-corrected chi connectivity index (χ1v) is 12.9. The number of ether oxygens (including phenoxy) is 1. The molecule has 0 heterocycles. The highest BCUT2D eigenvalue weighted by molar-refractivity contribution is 7.99. The first kappa shape index (κ1) is 25.9. The second-order valence-corrected chi connectivity index (χ2v) is 9.61. The molecule has 7 heteroatoms. The van der Waals surface area contributed by atoms with E-state index in [0.717, 1.165) is 79.6 Å². The lowest BCUT2D eigenvalue weighted by Gasteiger charge is -2.34. The molecule has 0 aromatic rings. The summed E-state index contributed by atoms with van der Waals surface area (Å²) in [5.41, 5.74) is -0.0337. The van der Waals surface area contributed by atoms with E-state index in [4.69, 9.17) is 20.1 Å². The fourth-order valence-corrected chi connectivity index (χ4v) is 4.93. The second kappa shape index (κ2) is 19.6. The quantitative estimate of drug-likeness (QED) is 0.264. The van der Waals surface area contributed by atoms with Gasteiger partial charge in [0.2, 0.25) is 0 Å². The predicted octanol–water partition coefficient (Wildman–Crippen LogP) is 3.28. The van der Waals surface area contributed by atoms with Gasteiger partial charge in [-0.25, -0.2) is 0 Å². The molecule has 0 amide bonds. The minimum atomic E-state index is -0.0337. The van der Waals surface area contributed by atoms with Crippen molar-refractivity contribution in [2.24, 2.45) is 0 Å². The van der Waals surface area contributed by atoms with Crippen LogP contribution >= 0.6 is 35.3 Å². The summed E-state index contributed by atoms with van der Waals surface area (Å²) >= 11 is 5.44. The highest BCUT2D eigenvalue weighted by atomic mass is 32.2. The van der Waals surface area contributed by atoms with E-state index in [-0.39, 0.29) is 25.4 Å². The van der Waals surface area contributed by atoms with Crippen molar-refractivity contribution < 1.29 is 20.1 Å². The molecule has 4 nitrogen and oxygen atoms in total. The molecular formula is C18H38O4S3. The van der Waals surface area contributed by atoms with Gasteiger partial charge in [-0.3, -0.25) is 0 Å². The van der Waals surface area contributed by atoms with Crippen LogP contribution in [0.5, 0.6) is 0 Å². The molecular weight excluding hydrogens is 376 g/mol. The average molecular weight is 415 g/mol. The smallest absolute Gasteiger partial charge is 0.0683 e. The van der Waals surface area contributed by atoms with Gasteiger partial charge in [-0.05, 0) is 62.7 Å². The number of thioether (sulfide) groups is 3. The maximum atomic E-state index is 8.90. The van der Waals surface area contributed by atoms with E-state index < -0.39 is 0 Å². The lowest BCUT2D eigenvalue weighted by molar-refractivity contribution is -0.0585. The lowest BCUT2D eigenvalue weighted by atomic mass is 9.88. The number of aliphatic hydroxyl groups excluding tert-OH is 3. The van der Waals surface area contributed by atoms with Gasteiger partial charge in [0.25, 0.3) is 0 Å². The second-order valence-electron chi connectivity index (χ2n) is 5.93. The Morgan fingerprint density at radius 3 is 1.28 bits per heavy atom. The summed E-state index contributed by atoms with van der Waals surface area (Å²) in [6, 6.07) is 0. The van der Waals surface area contributed by atoms with Crippen LogP contribution in [-0.4, -0.2) is 81.9 Å². The van der Waals surface area contributed by atoms with Gasteiger partial charge >= 0.3 is 0 Å². The summed E-state index contributed by atoms with van der Waals surface area (Å²) in [6.45, 7) is 3.59. The van der Waals surface area contributed by atoms with Crippen LogP contribution in [0, 0.1) is 0 Å². The van der Waals surface area contributed by atoms with Crippen molar-refractivity contribution in [3.63, 3.8) is 0 Å². The molecule has 152 valence electrons. The van der Waals surface area contributed by atoms with Crippen molar-refractivity contribution in [1.82, 2.24) is 0 Å². The molecule has 0 rings (SSSR count). The first-order valence-electron chi connectivity index (χ1n) is 9.44. The Hall–Kier alpha value is 0.890. The van der Waals surface area contributed by atoms with Crippen LogP contribution in [0.2, 0.25) is 0 Å². The third-order valence-corrected chi connectivity index (χ3v) is 7.07. The molecule has 0 aliphatic heterocycles. The average Bonchev–Trinajstić information content (AvgIpc) is 2.61. The standard InChI is InChI=1S/C18H38O4S3/c1-2-22-18(6-3-12-23-15-9-19,7-4-13-24-16-10-20)8-5-14-25-17-11-21/h19-21H,2-17H2,1H3. The van der Waals surface area contributed by atoms with E-state index in [9.17, 15) is 0 Å². The first-order chi connectivity index (χ1) is 12.2. The fraction of sp³-hybridized carbons (Fsp3) is 1.00. The highest BCUT2D eigenvalue weighted by Gasteiger charge is 2.29. The van der Waals surface area contributed by atoms with Crippen molar-refractivity contribution in [2.45, 2.75) is 51.0 Å². The minimum absolute atomic E-state index is 0.0337. The van der Waals surface area contributed by atoms with Crippen molar-refractivity contribution >= 4 is 35.3 Å². The molecule has 0 saturated heterocycles. The highest BCUT2D eigenvalue weighted by Crippen LogP contribution is 2.32. The van der Waals surface area contributed by atoms with E-state index in [2.05, 4.69) is 6.92 Å². The third kappa shape index (κ3) is 15.6. The molecule has 0 fully saturated rings. The van der Waals surface area contributed by atoms with E-state index >= 15 is 0 Å². The molecule has 0 unspecified atom stereocenters. The molecule has 25 heavy (non-hydrogen) atoms. The molecule has 0 spiro atoms. The monoisotopic (exact) mass is 414 g/mol. The van der Waals surface area contributed by atoms with Gasteiger partial charge in [-0.15, -0.1) is 0 Å². The van der Waals surface area contributed by atoms with Gasteiger partial charge in [0.1, 0.15) is 0 Å². The third-order valence-electron chi connectivity index (χ3n) is 3.92. The summed E-state index contributed by atoms with van der Waals surface area (Å²) in [5, 5.41) is 26.7. The van der Waals surface area contributed by atoms with E-state index in [1.54, 1.807) is 0 Å². The van der Waals surface area contributed by atoms with Gasteiger partial charge in [0.15, 0.2) is 0 Å². The zero-order valence-corrected chi connectivity index (χ0v) is 18.2. The Morgan fingerprint density at radius 2 is 1.00 bits per heavy atom. The molecule has 0 aliphatic rings. The Bertz CT molecular complexity index is 235. The zero-order chi connectivity index (χ0) is 18.6. The molecule has 0 saturated carbocycles. The van der Waals surface area contributed by atoms with Gasteiger partial charge in [0, 0.05) is 23.9 Å². The summed E-state index contributed by atoms with van der Waals surface area (Å²) < 4.78 is 6.27. The fourth-order valence-electron chi connectivity index (χ4n) is 2.89. The number of hydrogen-bond acceptors (Lipinski definition) is 7. The van der Waals surface area contributed by atoms with Crippen molar-refractivity contribution in [1.29, 1.82) is 0 Å². The van der Waals surface area contributed by atoms with Crippen LogP contribution in [0.3, 0.4) is 0 Å². The molecule has 0 aromatic heterocycles. The number of aliphatic hydroxyl groups is 3. The number of rotatable bonds is 20. The van der Waals surface area contributed by atoms with Crippen molar-refractivity contribution in [2.75, 3.05) is 60.9 Å². The Labute approximate surface area is 167 Å². The van der Waals surface area contributed by atoms with Crippen LogP contribution < -0.4 is 0 Å². The molecule has 3 N–H and O–H groups in total. The summed E-state index contributed by atoms with van der Waals surface area (Å²) in [6.07, 6.45) is 6.60. The summed E-state index contributed by atoms with van der Waals surface area (Å²) in [7, 11) is 0. The molecule has 0 aromatic carbocycles. The predicted molar refractivity (Wildman–Crippen MR) is 115 cm³/mol. The topological polar surface area (TPSA) is 69.9 Å². The lowest BCUT2D eigenvalue weighted by Crippen LogP contribution is -2.33. The van der Waals surface area contributed by atoms with Gasteiger partial charge in [-0.2, -0.15) is 35.3 Å². The normalized spacial score (nSPS) is 12.0. The molecule has 0 radical (unpaired) electrons. The largest absolute Gasteiger partial charge is 0.396 e. The molecule has 0 atom stereocenters. The molecule has 0 aliphatic carbocycles. The zero-order valence-electron chi connectivity index (χ0n) is 15.8. The van der Waals surface area contributed by atoms with E-state index in [1.165, 1.54) is 0 Å². The van der Waals surface area contributed by atoms with E-state index in [0.29, 0.717) is 0 Å². The van der Waals surface area contributed by atoms with Crippen LogP contribution in [0.25, 0.3) is 0 Å². The maximum Gasteiger partial charge on any atom is 0.0683 e. The van der Waals surface area contributed by atoms with Crippen LogP contribution in [0.1, 0.15) is 45.4 Å². The van der Waals surface area contributed by atoms with E-state index in [1.807, 2.05) is 35.3 Å². The van der Waals surface area contributed by atoms with Crippen LogP contribution in [0.4, 0.5) is 0 Å². The molecule has 0 bridgehead atoms. The van der Waals surface area contributed by atoms with Crippen LogP contribution in [-0.2, 0) is 4.74 Å². The van der Waals surface area contributed by atoms with Crippen molar-refractivity contribution in [3.05, 3.63) is 0 Å².